The van der Waals surface area contributed by atoms with Gasteiger partial charge in [0.2, 0.25) is 0 Å². The second-order valence-corrected chi connectivity index (χ2v) is 4.73. The van der Waals surface area contributed by atoms with Crippen LogP contribution < -0.4 is 5.32 Å². The van der Waals surface area contributed by atoms with Crippen LogP contribution in [0.25, 0.3) is 0 Å². The van der Waals surface area contributed by atoms with Gasteiger partial charge in [0, 0.05) is 25.3 Å². The monoisotopic (exact) mass is 266 g/mol. The zero-order valence-corrected chi connectivity index (χ0v) is 10.6. The number of nitrogens with one attached hydrogen (secondary N) is 1. The van der Waals surface area contributed by atoms with Crippen LogP contribution in [0.4, 0.5) is 8.78 Å². The minimum absolute atomic E-state index is 0.00785. The Morgan fingerprint density at radius 1 is 1.32 bits per heavy atom. The van der Waals surface area contributed by atoms with Gasteiger partial charge in [0.15, 0.2) is 0 Å². The summed E-state index contributed by atoms with van der Waals surface area (Å²) in [4.78, 5) is 0. The van der Waals surface area contributed by atoms with Gasteiger partial charge in [-0.2, -0.15) is 5.26 Å². The molecule has 5 heteroatoms. The molecule has 0 aromatic heterocycles. The quantitative estimate of drug-likeness (QED) is 0.770. The summed E-state index contributed by atoms with van der Waals surface area (Å²) in [7, 11) is 0. The average molecular weight is 266 g/mol. The van der Waals surface area contributed by atoms with E-state index in [0.717, 1.165) is 18.7 Å². The average Bonchev–Trinajstić information content (AvgIpc) is 3.19. The highest BCUT2D eigenvalue weighted by atomic mass is 19.1. The van der Waals surface area contributed by atoms with E-state index in [9.17, 15) is 8.78 Å². The molecule has 1 aliphatic rings. The predicted molar refractivity (Wildman–Crippen MR) is 66.3 cm³/mol. The smallest absolute Gasteiger partial charge is 0.131 e. The molecule has 0 amide bonds. The Morgan fingerprint density at radius 3 is 2.58 bits per heavy atom. The number of nitrogens with zero attached hydrogens (tertiary/aromatic N) is 1. The molecular formula is C14H16F2N2O. The molecule has 0 spiro atoms. The van der Waals surface area contributed by atoms with E-state index in [1.54, 1.807) is 6.07 Å². The molecule has 0 unspecified atom stereocenters. The zero-order chi connectivity index (χ0) is 13.7. The second-order valence-electron chi connectivity index (χ2n) is 4.73. The van der Waals surface area contributed by atoms with Crippen LogP contribution in [0.5, 0.6) is 0 Å². The van der Waals surface area contributed by atoms with Gasteiger partial charge in [-0.05, 0) is 30.9 Å². The molecule has 0 radical (unpaired) electrons. The van der Waals surface area contributed by atoms with Crippen LogP contribution in [0.1, 0.15) is 24.0 Å². The first-order chi connectivity index (χ1) is 9.20. The van der Waals surface area contributed by atoms with Gasteiger partial charge in [-0.25, -0.2) is 8.78 Å². The van der Waals surface area contributed by atoms with Crippen molar-refractivity contribution in [1.29, 1.82) is 5.26 Å². The van der Waals surface area contributed by atoms with Crippen molar-refractivity contribution >= 4 is 0 Å². The van der Waals surface area contributed by atoms with E-state index in [4.69, 9.17) is 10.00 Å². The number of ether oxygens (including phenoxy) is 1. The third-order valence-electron chi connectivity index (χ3n) is 3.05. The summed E-state index contributed by atoms with van der Waals surface area (Å²) in [6.07, 6.45) is 2.49. The fourth-order valence-electron chi connectivity index (χ4n) is 1.73. The van der Waals surface area contributed by atoms with Crippen molar-refractivity contribution in [2.75, 3.05) is 19.8 Å². The molecule has 0 bridgehead atoms. The summed E-state index contributed by atoms with van der Waals surface area (Å²) in [6, 6.07) is 3.81. The molecule has 0 atom stereocenters. The van der Waals surface area contributed by atoms with Crippen LogP contribution in [0.15, 0.2) is 12.1 Å². The fourth-order valence-corrected chi connectivity index (χ4v) is 1.73. The highest BCUT2D eigenvalue weighted by Crippen LogP contribution is 2.28. The zero-order valence-electron chi connectivity index (χ0n) is 10.6. The van der Waals surface area contributed by atoms with Gasteiger partial charge in [0.25, 0.3) is 0 Å². The highest BCUT2D eigenvalue weighted by molar-refractivity contribution is 5.34. The molecular weight excluding hydrogens is 250 g/mol. The lowest BCUT2D eigenvalue weighted by Gasteiger charge is -2.08. The Kier molecular flexibility index (Phi) is 4.83. The number of halogens is 2. The molecule has 0 heterocycles. The van der Waals surface area contributed by atoms with Crippen LogP contribution in [0.3, 0.4) is 0 Å². The predicted octanol–water partition coefficient (Wildman–Crippen LogP) is 2.35. The molecule has 19 heavy (non-hydrogen) atoms. The first-order valence-corrected chi connectivity index (χ1v) is 6.37. The summed E-state index contributed by atoms with van der Waals surface area (Å²) >= 11 is 0. The van der Waals surface area contributed by atoms with Crippen molar-refractivity contribution in [2.45, 2.75) is 19.4 Å². The van der Waals surface area contributed by atoms with Gasteiger partial charge in [0.05, 0.1) is 18.2 Å². The third-order valence-corrected chi connectivity index (χ3v) is 3.05. The van der Waals surface area contributed by atoms with E-state index >= 15 is 0 Å². The number of hydrogen-bond donors (Lipinski definition) is 1. The maximum atomic E-state index is 13.5. The van der Waals surface area contributed by atoms with Gasteiger partial charge in [0.1, 0.15) is 11.6 Å². The highest BCUT2D eigenvalue weighted by Gasteiger charge is 2.20. The third kappa shape index (κ3) is 4.27. The number of rotatable bonds is 7. The van der Waals surface area contributed by atoms with E-state index in [-0.39, 0.29) is 17.7 Å². The van der Waals surface area contributed by atoms with E-state index in [2.05, 4.69) is 5.32 Å². The van der Waals surface area contributed by atoms with Crippen molar-refractivity contribution in [1.82, 2.24) is 5.32 Å². The van der Waals surface area contributed by atoms with Crippen molar-refractivity contribution in [3.05, 3.63) is 34.9 Å². The van der Waals surface area contributed by atoms with Crippen molar-refractivity contribution in [3.8, 4) is 6.07 Å². The van der Waals surface area contributed by atoms with Gasteiger partial charge in [-0.15, -0.1) is 0 Å². The Balaban J connectivity index is 1.74. The summed E-state index contributed by atoms with van der Waals surface area (Å²) in [6.45, 7) is 1.96. The standard InChI is InChI=1S/C14H16F2N2O/c15-13-5-11(7-17)6-14(16)12(13)8-18-3-4-19-9-10-1-2-10/h5-6,10,18H,1-4,8-9H2. The molecule has 1 saturated carbocycles. The van der Waals surface area contributed by atoms with Crippen molar-refractivity contribution < 1.29 is 13.5 Å². The normalized spacial score (nSPS) is 14.4. The van der Waals surface area contributed by atoms with Gasteiger partial charge in [-0.1, -0.05) is 0 Å². The maximum absolute atomic E-state index is 13.5. The van der Waals surface area contributed by atoms with E-state index in [1.165, 1.54) is 12.8 Å². The Labute approximate surface area is 111 Å². The number of benzene rings is 1. The molecule has 1 aliphatic carbocycles. The SMILES string of the molecule is N#Cc1cc(F)c(CNCCOCC2CC2)c(F)c1. The summed E-state index contributed by atoms with van der Waals surface area (Å²) in [5.74, 6) is -0.667. The molecule has 0 saturated heterocycles. The van der Waals surface area contributed by atoms with Crippen LogP contribution in [-0.2, 0) is 11.3 Å². The van der Waals surface area contributed by atoms with E-state index in [1.807, 2.05) is 0 Å². The summed E-state index contributed by atoms with van der Waals surface area (Å²) in [5, 5.41) is 11.5. The lowest BCUT2D eigenvalue weighted by molar-refractivity contribution is 0.126. The summed E-state index contributed by atoms with van der Waals surface area (Å²) in [5.41, 5.74) is -0.0484. The van der Waals surface area contributed by atoms with Gasteiger partial charge < -0.3 is 10.1 Å². The van der Waals surface area contributed by atoms with Crippen LogP contribution in [0.2, 0.25) is 0 Å². The first-order valence-electron chi connectivity index (χ1n) is 6.37. The van der Waals surface area contributed by atoms with E-state index in [0.29, 0.717) is 19.1 Å². The van der Waals surface area contributed by atoms with Crippen LogP contribution in [0, 0.1) is 28.9 Å². The Bertz CT molecular complexity index is 458. The minimum Gasteiger partial charge on any atom is -0.380 e. The minimum atomic E-state index is -0.692. The molecule has 1 fully saturated rings. The molecule has 0 aliphatic heterocycles. The fraction of sp³-hybridized carbons (Fsp3) is 0.500. The van der Waals surface area contributed by atoms with Gasteiger partial charge >= 0.3 is 0 Å². The lowest BCUT2D eigenvalue weighted by Crippen LogP contribution is -2.21. The molecule has 1 N–H and O–H groups in total. The Hall–Kier alpha value is -1.51. The first kappa shape index (κ1) is 13.9. The second kappa shape index (κ2) is 6.60. The van der Waals surface area contributed by atoms with Gasteiger partial charge in [-0.3, -0.25) is 0 Å². The van der Waals surface area contributed by atoms with Crippen LogP contribution >= 0.6 is 0 Å². The number of hydrogen-bond acceptors (Lipinski definition) is 3. The molecule has 102 valence electrons. The lowest BCUT2D eigenvalue weighted by atomic mass is 10.1. The molecule has 2 rings (SSSR count). The maximum Gasteiger partial charge on any atom is 0.131 e. The van der Waals surface area contributed by atoms with Crippen molar-refractivity contribution in [3.63, 3.8) is 0 Å². The summed E-state index contributed by atoms with van der Waals surface area (Å²) < 4.78 is 32.4. The molecule has 1 aromatic carbocycles. The Morgan fingerprint density at radius 2 is 2.00 bits per heavy atom. The largest absolute Gasteiger partial charge is 0.380 e. The van der Waals surface area contributed by atoms with Crippen LogP contribution in [-0.4, -0.2) is 19.8 Å². The number of nitriles is 1. The molecule has 1 aromatic rings. The van der Waals surface area contributed by atoms with Crippen molar-refractivity contribution in [2.24, 2.45) is 5.92 Å². The van der Waals surface area contributed by atoms with E-state index < -0.39 is 11.6 Å². The topological polar surface area (TPSA) is 45.0 Å². The molecule has 3 nitrogen and oxygen atoms in total.